The van der Waals surface area contributed by atoms with Crippen LogP contribution in [0.3, 0.4) is 0 Å². The van der Waals surface area contributed by atoms with E-state index < -0.39 is 29.2 Å². The number of carbonyl (C=O) groups is 5. The molecule has 6 rings (SSSR count). The lowest BCUT2D eigenvalue weighted by Gasteiger charge is -2.43. The van der Waals surface area contributed by atoms with Crippen LogP contribution in [-0.2, 0) is 20.7 Å². The molecule has 2 aliphatic rings. The fourth-order valence-electron chi connectivity index (χ4n) is 8.10. The van der Waals surface area contributed by atoms with Crippen LogP contribution >= 0.6 is 0 Å². The highest BCUT2D eigenvalue weighted by molar-refractivity contribution is 5.98. The monoisotopic (exact) mass is 835 g/mol. The molecular formula is C45H57N9O7. The highest BCUT2D eigenvalue weighted by Crippen LogP contribution is 2.32. The van der Waals surface area contributed by atoms with Gasteiger partial charge in [-0.3, -0.25) is 14.4 Å². The summed E-state index contributed by atoms with van der Waals surface area (Å²) in [5, 5.41) is 35.5. The van der Waals surface area contributed by atoms with Crippen LogP contribution in [0, 0.1) is 24.2 Å². The molecule has 1 aromatic heterocycles. The lowest BCUT2D eigenvalue weighted by Crippen LogP contribution is -2.56. The number of nitrogens with one attached hydrogen (secondary N) is 5. The number of rotatable bonds is 12. The van der Waals surface area contributed by atoms with Gasteiger partial charge in [-0.2, -0.15) is 5.21 Å². The molecule has 4 aromatic rings. The summed E-state index contributed by atoms with van der Waals surface area (Å²) < 4.78 is 5.36. The van der Waals surface area contributed by atoms with E-state index in [1.165, 1.54) is 4.90 Å². The van der Waals surface area contributed by atoms with Gasteiger partial charge in [-0.1, -0.05) is 44.2 Å². The van der Waals surface area contributed by atoms with Crippen molar-refractivity contribution in [2.45, 2.75) is 97.8 Å². The smallest absolute Gasteiger partial charge is 0.407 e. The van der Waals surface area contributed by atoms with Gasteiger partial charge in [0.2, 0.25) is 17.6 Å². The van der Waals surface area contributed by atoms with Crippen LogP contribution in [0.2, 0.25) is 0 Å². The summed E-state index contributed by atoms with van der Waals surface area (Å²) in [7, 11) is 0. The van der Waals surface area contributed by atoms with Crippen LogP contribution in [0.15, 0.2) is 66.7 Å². The lowest BCUT2D eigenvalue weighted by atomic mass is 9.79. The molecular weight excluding hydrogens is 779 g/mol. The number of hydrogen-bond acceptors (Lipinski definition) is 9. The van der Waals surface area contributed by atoms with Gasteiger partial charge in [0.25, 0.3) is 5.91 Å². The van der Waals surface area contributed by atoms with Gasteiger partial charge in [-0.15, -0.1) is 10.2 Å². The second-order valence-electron chi connectivity index (χ2n) is 17.9. The molecule has 0 radical (unpaired) electrons. The molecule has 2 fully saturated rings. The number of piperidine rings is 1. The molecule has 5 amide bonds. The van der Waals surface area contributed by atoms with Crippen molar-refractivity contribution >= 4 is 35.6 Å². The van der Waals surface area contributed by atoms with E-state index in [2.05, 4.69) is 41.9 Å². The molecule has 16 heteroatoms. The van der Waals surface area contributed by atoms with Crippen LogP contribution < -0.4 is 21.3 Å². The number of likely N-dealkylation sites (tertiary alicyclic amines) is 1. The Hall–Kier alpha value is -6.32. The fraction of sp³-hybridized carbons (Fsp3) is 0.467. The van der Waals surface area contributed by atoms with Gasteiger partial charge in [0, 0.05) is 60.2 Å². The Morgan fingerprint density at radius 1 is 0.934 bits per heavy atom. The van der Waals surface area contributed by atoms with Gasteiger partial charge < -0.3 is 36.0 Å². The third-order valence-electron chi connectivity index (χ3n) is 11.5. The average molecular weight is 836 g/mol. The van der Waals surface area contributed by atoms with Crippen molar-refractivity contribution in [3.05, 3.63) is 83.4 Å². The Morgan fingerprint density at radius 3 is 2.23 bits per heavy atom. The number of carbonyl (C=O) groups excluding carboxylic acids is 4. The van der Waals surface area contributed by atoms with Crippen LogP contribution in [-0.4, -0.2) is 97.9 Å². The molecule has 6 N–H and O–H groups in total. The second kappa shape index (κ2) is 18.9. The summed E-state index contributed by atoms with van der Waals surface area (Å²) in [5.74, 6) is -0.366. The van der Waals surface area contributed by atoms with Crippen molar-refractivity contribution in [2.75, 3.05) is 25.0 Å². The molecule has 1 saturated carbocycles. The first-order valence-electron chi connectivity index (χ1n) is 20.8. The predicted molar refractivity (Wildman–Crippen MR) is 229 cm³/mol. The minimum atomic E-state index is -0.951. The number of alkyl carbamates (subject to hydrolysis) is 1. The van der Waals surface area contributed by atoms with Crippen molar-refractivity contribution in [1.82, 2.24) is 41.5 Å². The highest BCUT2D eigenvalue weighted by atomic mass is 16.6. The Labute approximate surface area is 356 Å². The Morgan fingerprint density at radius 2 is 1.62 bits per heavy atom. The number of H-pyrrole nitrogens is 1. The van der Waals surface area contributed by atoms with E-state index in [9.17, 15) is 29.1 Å². The number of amides is 5. The van der Waals surface area contributed by atoms with Crippen molar-refractivity contribution in [1.29, 1.82) is 0 Å². The highest BCUT2D eigenvalue weighted by Gasteiger charge is 2.38. The van der Waals surface area contributed by atoms with Crippen molar-refractivity contribution in [3.63, 3.8) is 0 Å². The number of anilines is 1. The number of carboxylic acid groups (broad SMARTS) is 1. The molecule has 61 heavy (non-hydrogen) atoms. The van der Waals surface area contributed by atoms with Crippen molar-refractivity contribution in [3.8, 4) is 22.5 Å². The van der Waals surface area contributed by atoms with Gasteiger partial charge in [-0.25, -0.2) is 9.59 Å². The molecule has 0 spiro atoms. The molecule has 2 atom stereocenters. The Balaban J connectivity index is 1.10. The molecule has 16 nitrogen and oxygen atoms in total. The van der Waals surface area contributed by atoms with Crippen LogP contribution in [0.1, 0.15) is 88.2 Å². The number of tetrazole rings is 1. The molecule has 2 heterocycles. The summed E-state index contributed by atoms with van der Waals surface area (Å²) >= 11 is 0. The standard InChI is InChI=1S/C45H57N9O7/c1-27-23-33(40(56)49-37-21-22-54(43(59)60)26-45(37,5)6)17-20-35(27)30-11-7-28(8-12-30)24-36(41(57)47-34-18-15-31(16-19-34)38-50-52-53-51-38)48-39(55)32-13-9-29(10-14-32)25-46-42(58)61-44(2,3)4/h7-8,11-12,15-20,23,29,32,36-37H,9-10,13-14,21-22,24-26H2,1-6H3,(H,46,58)(H,47,57)(H,48,55)(H,49,56)(H,59,60)(H,50,51,52,53)/t29?,32?,36-,37?/m0/s1. The van der Waals surface area contributed by atoms with E-state index in [-0.39, 0.29) is 42.0 Å². The van der Waals surface area contributed by atoms with E-state index in [1.807, 2.05) is 77.9 Å². The van der Waals surface area contributed by atoms with E-state index in [1.54, 1.807) is 30.3 Å². The summed E-state index contributed by atoms with van der Waals surface area (Å²) in [6.07, 6.45) is 2.17. The maximum Gasteiger partial charge on any atom is 0.407 e. The maximum atomic E-state index is 13.9. The first kappa shape index (κ1) is 44.2. The molecule has 3 aromatic carbocycles. The molecule has 1 unspecified atom stereocenters. The number of aryl methyl sites for hydroxylation is 1. The van der Waals surface area contributed by atoms with E-state index >= 15 is 0 Å². The topological polar surface area (TPSA) is 221 Å². The summed E-state index contributed by atoms with van der Waals surface area (Å²) in [6.45, 7) is 12.5. The van der Waals surface area contributed by atoms with Gasteiger partial charge >= 0.3 is 12.2 Å². The summed E-state index contributed by atoms with van der Waals surface area (Å²) in [4.78, 5) is 66.1. The molecule has 324 valence electrons. The predicted octanol–water partition coefficient (Wildman–Crippen LogP) is 6.35. The number of nitrogens with zero attached hydrogens (tertiary/aromatic N) is 4. The molecule has 1 aliphatic heterocycles. The SMILES string of the molecule is Cc1cc(C(=O)NC2CCN(C(=O)O)CC2(C)C)ccc1-c1ccc(C[C@H](NC(=O)C2CCC(CNC(=O)OC(C)(C)C)CC2)C(=O)Nc2ccc(-c3nn[nH]n3)cc2)cc1. The lowest BCUT2D eigenvalue weighted by molar-refractivity contribution is -0.130. The zero-order valence-corrected chi connectivity index (χ0v) is 35.7. The van der Waals surface area contributed by atoms with Crippen molar-refractivity contribution in [2.24, 2.45) is 17.3 Å². The first-order valence-corrected chi connectivity index (χ1v) is 20.8. The van der Waals surface area contributed by atoms with E-state index in [4.69, 9.17) is 4.74 Å². The van der Waals surface area contributed by atoms with Crippen LogP contribution in [0.5, 0.6) is 0 Å². The van der Waals surface area contributed by atoms with Gasteiger partial charge in [0.15, 0.2) is 0 Å². The molecule has 0 bridgehead atoms. The Kier molecular flexibility index (Phi) is 13.7. The first-order chi connectivity index (χ1) is 28.9. The number of aromatic nitrogens is 4. The normalized spacial score (nSPS) is 19.2. The fourth-order valence-corrected chi connectivity index (χ4v) is 8.10. The van der Waals surface area contributed by atoms with Crippen LogP contribution in [0.25, 0.3) is 22.5 Å². The van der Waals surface area contributed by atoms with Gasteiger partial charge in [0.05, 0.1) is 0 Å². The molecule has 1 saturated heterocycles. The van der Waals surface area contributed by atoms with E-state index in [0.717, 1.165) is 40.7 Å². The zero-order valence-electron chi connectivity index (χ0n) is 35.7. The van der Waals surface area contributed by atoms with Crippen molar-refractivity contribution < 1.29 is 33.8 Å². The summed E-state index contributed by atoms with van der Waals surface area (Å²) in [6, 6.07) is 19.4. The Bertz CT molecular complexity index is 2180. The van der Waals surface area contributed by atoms with E-state index in [0.29, 0.717) is 56.0 Å². The second-order valence-corrected chi connectivity index (χ2v) is 17.9. The quantitative estimate of drug-likeness (QED) is 0.0929. The average Bonchev–Trinajstić information content (AvgIpc) is 3.76. The minimum absolute atomic E-state index is 0.169. The third-order valence-corrected chi connectivity index (χ3v) is 11.5. The van der Waals surface area contributed by atoms with Crippen LogP contribution in [0.4, 0.5) is 15.3 Å². The number of aromatic amines is 1. The third kappa shape index (κ3) is 11.9. The number of ether oxygens (including phenoxy) is 1. The van der Waals surface area contributed by atoms with Gasteiger partial charge in [-0.05, 0) is 130 Å². The zero-order chi connectivity index (χ0) is 43.9. The number of hydrogen-bond donors (Lipinski definition) is 6. The minimum Gasteiger partial charge on any atom is -0.465 e. The van der Waals surface area contributed by atoms with Gasteiger partial charge in [0.1, 0.15) is 11.6 Å². The number of benzene rings is 3. The largest absolute Gasteiger partial charge is 0.465 e. The maximum absolute atomic E-state index is 13.9. The molecule has 1 aliphatic carbocycles. The summed E-state index contributed by atoms with van der Waals surface area (Å²) in [5.41, 5.74) is 4.42.